The molecule has 1 aromatic carbocycles. The Labute approximate surface area is 130 Å². The first-order chi connectivity index (χ1) is 10.3. The van der Waals surface area contributed by atoms with Crippen LogP contribution >= 0.6 is 0 Å². The number of aromatic carboxylic acids is 2. The zero-order chi connectivity index (χ0) is 16.8. The van der Waals surface area contributed by atoms with E-state index in [1.807, 2.05) is 0 Å². The summed E-state index contributed by atoms with van der Waals surface area (Å²) < 4.78 is 5.52. The number of hydrogen-bond donors (Lipinski definition) is 1. The lowest BCUT2D eigenvalue weighted by molar-refractivity contribution is -0.255. The fourth-order valence-electron chi connectivity index (χ4n) is 2.22. The molecular formula is C17H23O5-. The van der Waals surface area contributed by atoms with Gasteiger partial charge in [-0.2, -0.15) is 0 Å². The van der Waals surface area contributed by atoms with Gasteiger partial charge in [-0.05, 0) is 36.5 Å². The summed E-state index contributed by atoms with van der Waals surface area (Å²) in [6, 6.07) is 3.68. The largest absolute Gasteiger partial charge is 0.545 e. The van der Waals surface area contributed by atoms with Crippen molar-refractivity contribution >= 4 is 11.9 Å². The molecule has 0 heterocycles. The molecule has 0 bridgehead atoms. The van der Waals surface area contributed by atoms with Crippen molar-refractivity contribution in [2.45, 2.75) is 46.5 Å². The second-order valence-corrected chi connectivity index (χ2v) is 5.81. The van der Waals surface area contributed by atoms with Crippen molar-refractivity contribution in [2.75, 3.05) is 6.61 Å². The zero-order valence-corrected chi connectivity index (χ0v) is 13.3. The lowest BCUT2D eigenvalue weighted by Crippen LogP contribution is -2.22. The Balaban J connectivity index is 2.69. The van der Waals surface area contributed by atoms with Crippen molar-refractivity contribution in [1.29, 1.82) is 0 Å². The summed E-state index contributed by atoms with van der Waals surface area (Å²) in [5, 5.41) is 19.9. The minimum atomic E-state index is -1.42. The van der Waals surface area contributed by atoms with Gasteiger partial charge in [0.15, 0.2) is 0 Å². The SMILES string of the molecule is CCC(C)(CC)CCCOc1cc(C(=O)[O-])cc(C(=O)O)c1. The highest BCUT2D eigenvalue weighted by Gasteiger charge is 2.18. The van der Waals surface area contributed by atoms with Gasteiger partial charge in [0.25, 0.3) is 0 Å². The maximum Gasteiger partial charge on any atom is 0.335 e. The van der Waals surface area contributed by atoms with Crippen LogP contribution in [0.3, 0.4) is 0 Å². The van der Waals surface area contributed by atoms with Crippen molar-refractivity contribution in [3.8, 4) is 5.75 Å². The van der Waals surface area contributed by atoms with E-state index in [9.17, 15) is 14.7 Å². The number of carbonyl (C=O) groups excluding carboxylic acids is 1. The number of carbonyl (C=O) groups is 2. The molecular weight excluding hydrogens is 284 g/mol. The van der Waals surface area contributed by atoms with Crippen molar-refractivity contribution < 1.29 is 24.5 Å². The van der Waals surface area contributed by atoms with Gasteiger partial charge in [-0.25, -0.2) is 4.79 Å². The Bertz CT molecular complexity index is 500. The van der Waals surface area contributed by atoms with Crippen molar-refractivity contribution in [3.63, 3.8) is 0 Å². The lowest BCUT2D eigenvalue weighted by atomic mass is 9.80. The normalized spacial score (nSPS) is 11.2. The minimum absolute atomic E-state index is 0.122. The van der Waals surface area contributed by atoms with E-state index in [0.29, 0.717) is 6.61 Å². The van der Waals surface area contributed by atoms with Gasteiger partial charge in [0, 0.05) is 5.56 Å². The van der Waals surface area contributed by atoms with Crippen molar-refractivity contribution in [1.82, 2.24) is 0 Å². The maximum absolute atomic E-state index is 11.0. The van der Waals surface area contributed by atoms with Crippen LogP contribution < -0.4 is 9.84 Å². The first kappa shape index (κ1) is 18.0. The predicted octanol–water partition coefficient (Wildman–Crippen LogP) is 2.73. The van der Waals surface area contributed by atoms with Gasteiger partial charge in [-0.1, -0.05) is 33.6 Å². The third-order valence-corrected chi connectivity index (χ3v) is 4.29. The standard InChI is InChI=1S/C17H24O5/c1-4-17(3,5-2)7-6-8-22-14-10-12(15(18)19)9-13(11-14)16(20)21/h9-11H,4-8H2,1-3H3,(H,18,19)(H,20,21)/p-1. The molecule has 0 unspecified atom stereocenters. The molecule has 0 atom stereocenters. The lowest BCUT2D eigenvalue weighted by Gasteiger charge is -2.26. The molecule has 1 aromatic rings. The fourth-order valence-corrected chi connectivity index (χ4v) is 2.22. The van der Waals surface area contributed by atoms with Gasteiger partial charge in [0.05, 0.1) is 18.1 Å². The van der Waals surface area contributed by atoms with Crippen LogP contribution in [0.2, 0.25) is 0 Å². The second kappa shape index (κ2) is 7.82. The molecule has 1 N–H and O–H groups in total. The highest BCUT2D eigenvalue weighted by Crippen LogP contribution is 2.31. The van der Waals surface area contributed by atoms with Crippen LogP contribution in [0.5, 0.6) is 5.75 Å². The smallest absolute Gasteiger partial charge is 0.335 e. The van der Waals surface area contributed by atoms with Crippen LogP contribution in [0.25, 0.3) is 0 Å². The Morgan fingerprint density at radius 2 is 1.77 bits per heavy atom. The number of benzene rings is 1. The van der Waals surface area contributed by atoms with Crippen LogP contribution in [0.4, 0.5) is 0 Å². The van der Waals surface area contributed by atoms with E-state index >= 15 is 0 Å². The third-order valence-electron chi connectivity index (χ3n) is 4.29. The number of carboxylic acids is 2. The second-order valence-electron chi connectivity index (χ2n) is 5.81. The molecule has 0 aromatic heterocycles. The van der Waals surface area contributed by atoms with Gasteiger partial charge in [0.1, 0.15) is 5.75 Å². The monoisotopic (exact) mass is 307 g/mol. The average molecular weight is 307 g/mol. The Morgan fingerprint density at radius 3 is 2.27 bits per heavy atom. The molecule has 0 amide bonds. The predicted molar refractivity (Wildman–Crippen MR) is 81.1 cm³/mol. The molecule has 0 aliphatic carbocycles. The van der Waals surface area contributed by atoms with Gasteiger partial charge in [0.2, 0.25) is 0 Å². The number of carboxylic acid groups (broad SMARTS) is 2. The van der Waals surface area contributed by atoms with E-state index in [1.54, 1.807) is 0 Å². The summed E-state index contributed by atoms with van der Waals surface area (Å²) >= 11 is 0. The van der Waals surface area contributed by atoms with Gasteiger partial charge in [-0.15, -0.1) is 0 Å². The zero-order valence-electron chi connectivity index (χ0n) is 13.3. The average Bonchev–Trinajstić information content (AvgIpc) is 2.51. The molecule has 0 aliphatic rings. The summed E-state index contributed by atoms with van der Waals surface area (Å²) in [4.78, 5) is 21.9. The molecule has 0 aliphatic heterocycles. The third kappa shape index (κ3) is 5.06. The maximum atomic E-state index is 11.0. The molecule has 5 heteroatoms. The number of hydrogen-bond acceptors (Lipinski definition) is 4. The summed E-state index contributed by atoms with van der Waals surface area (Å²) in [5.41, 5.74) is -0.0342. The van der Waals surface area contributed by atoms with E-state index in [2.05, 4.69) is 20.8 Å². The number of rotatable bonds is 9. The Morgan fingerprint density at radius 1 is 1.18 bits per heavy atom. The summed E-state index contributed by atoms with van der Waals surface area (Å²) in [6.07, 6.45) is 4.02. The van der Waals surface area contributed by atoms with Crippen LogP contribution in [0, 0.1) is 5.41 Å². The van der Waals surface area contributed by atoms with E-state index < -0.39 is 11.9 Å². The molecule has 5 nitrogen and oxygen atoms in total. The highest BCUT2D eigenvalue weighted by molar-refractivity contribution is 5.93. The quantitative estimate of drug-likeness (QED) is 0.709. The van der Waals surface area contributed by atoms with Gasteiger partial charge >= 0.3 is 5.97 Å². The van der Waals surface area contributed by atoms with Crippen molar-refractivity contribution in [2.24, 2.45) is 5.41 Å². The van der Waals surface area contributed by atoms with E-state index in [1.165, 1.54) is 12.1 Å². The summed E-state index contributed by atoms with van der Waals surface area (Å²) in [6.45, 7) is 6.97. The molecule has 122 valence electrons. The molecule has 0 saturated carbocycles. The summed E-state index contributed by atoms with van der Waals surface area (Å²) in [5.74, 6) is -2.37. The van der Waals surface area contributed by atoms with Gasteiger partial charge in [-0.3, -0.25) is 0 Å². The molecule has 0 fully saturated rings. The molecule has 1 rings (SSSR count). The van der Waals surface area contributed by atoms with E-state index in [4.69, 9.17) is 9.84 Å². The molecule has 0 saturated heterocycles. The van der Waals surface area contributed by atoms with Crippen LogP contribution in [-0.4, -0.2) is 23.7 Å². The minimum Gasteiger partial charge on any atom is -0.545 e. The fraction of sp³-hybridized carbons (Fsp3) is 0.529. The van der Waals surface area contributed by atoms with Crippen LogP contribution in [0.15, 0.2) is 18.2 Å². The van der Waals surface area contributed by atoms with Crippen LogP contribution in [0.1, 0.15) is 67.2 Å². The van der Waals surface area contributed by atoms with E-state index in [-0.39, 0.29) is 22.3 Å². The summed E-state index contributed by atoms with van der Waals surface area (Å²) in [7, 11) is 0. The van der Waals surface area contributed by atoms with E-state index in [0.717, 1.165) is 31.7 Å². The molecule has 0 radical (unpaired) electrons. The number of ether oxygens (including phenoxy) is 1. The van der Waals surface area contributed by atoms with Gasteiger partial charge < -0.3 is 19.7 Å². The van der Waals surface area contributed by atoms with Crippen LogP contribution in [-0.2, 0) is 0 Å². The first-order valence-electron chi connectivity index (χ1n) is 7.54. The molecule has 22 heavy (non-hydrogen) atoms. The molecule has 0 spiro atoms. The topological polar surface area (TPSA) is 86.7 Å². The first-order valence-corrected chi connectivity index (χ1v) is 7.54. The Hall–Kier alpha value is -2.04. The van der Waals surface area contributed by atoms with Crippen molar-refractivity contribution in [3.05, 3.63) is 29.3 Å². The highest BCUT2D eigenvalue weighted by atomic mass is 16.5. The Kier molecular flexibility index (Phi) is 6.40.